The molecule has 0 amide bonds. The predicted octanol–water partition coefficient (Wildman–Crippen LogP) is 6.57. The Morgan fingerprint density at radius 2 is 1.03 bits per heavy atom. The summed E-state index contributed by atoms with van der Waals surface area (Å²) in [5, 5.41) is 0. The number of thiol groups is 2. The van der Waals surface area contributed by atoms with Crippen LogP contribution in [0.4, 0.5) is 11.4 Å². The minimum absolute atomic E-state index is 0.503. The second-order valence-corrected chi connectivity index (χ2v) is 9.87. The number of anilines is 2. The molecule has 6 rings (SSSR count). The number of ether oxygens (including phenoxy) is 2. The summed E-state index contributed by atoms with van der Waals surface area (Å²) in [6, 6.07) is 29.1. The van der Waals surface area contributed by atoms with Gasteiger partial charge in [0.2, 0.25) is 0 Å². The Morgan fingerprint density at radius 3 is 1.49 bits per heavy atom. The van der Waals surface area contributed by atoms with Gasteiger partial charge in [0.25, 0.3) is 0 Å². The van der Waals surface area contributed by atoms with Gasteiger partial charge in [-0.1, -0.05) is 60.7 Å². The van der Waals surface area contributed by atoms with Crippen molar-refractivity contribution in [2.45, 2.75) is 29.3 Å². The van der Waals surface area contributed by atoms with E-state index in [1.54, 1.807) is 0 Å². The van der Waals surface area contributed by atoms with Gasteiger partial charge in [-0.2, -0.15) is 0 Å². The first kappa shape index (κ1) is 22.3. The van der Waals surface area contributed by atoms with Gasteiger partial charge in [0.15, 0.2) is 13.5 Å². The standard InChI is InChI=1S/C29H26N2O2S2/c34-26-13-3-1-11-24(26)30-16-22-9-5-7-20(28(22)32-18-30)15-21-8-6-10-23-17-31(19-33-29(21)23)25-12-2-4-14-27(25)35/h1-14,34-35H,15-19H2. The average Bonchev–Trinajstić information content (AvgIpc) is 2.89. The maximum absolute atomic E-state index is 6.32. The fourth-order valence-electron chi connectivity index (χ4n) is 4.94. The number of para-hydroxylation sites is 4. The Morgan fingerprint density at radius 1 is 0.571 bits per heavy atom. The topological polar surface area (TPSA) is 24.9 Å². The van der Waals surface area contributed by atoms with Crippen LogP contribution in [0.2, 0.25) is 0 Å². The van der Waals surface area contributed by atoms with Crippen LogP contribution < -0.4 is 19.3 Å². The summed E-state index contributed by atoms with van der Waals surface area (Å²) in [6.45, 7) is 2.59. The van der Waals surface area contributed by atoms with E-state index in [0.717, 1.165) is 52.2 Å². The highest BCUT2D eigenvalue weighted by Gasteiger charge is 2.24. The molecule has 0 atom stereocenters. The monoisotopic (exact) mass is 498 g/mol. The molecule has 0 aliphatic carbocycles. The van der Waals surface area contributed by atoms with Crippen molar-refractivity contribution in [3.05, 3.63) is 107 Å². The zero-order chi connectivity index (χ0) is 23.8. The molecule has 0 aromatic heterocycles. The van der Waals surface area contributed by atoms with Gasteiger partial charge in [-0.3, -0.25) is 0 Å². The van der Waals surface area contributed by atoms with E-state index >= 15 is 0 Å². The SMILES string of the molecule is Sc1ccccc1N1COc2c(Cc3cccc4c3OCN(c3ccccc3S)C4)cccc2C1. The third-order valence-electron chi connectivity index (χ3n) is 6.63. The van der Waals surface area contributed by atoms with Gasteiger partial charge in [0.05, 0.1) is 11.4 Å². The fraction of sp³-hybridized carbons (Fsp3) is 0.172. The van der Waals surface area contributed by atoms with Crippen LogP contribution in [0.15, 0.2) is 94.7 Å². The van der Waals surface area contributed by atoms with Gasteiger partial charge in [0.1, 0.15) is 11.5 Å². The number of benzene rings is 4. The van der Waals surface area contributed by atoms with E-state index < -0.39 is 0 Å². The quantitative estimate of drug-likeness (QED) is 0.311. The first-order valence-electron chi connectivity index (χ1n) is 11.7. The van der Waals surface area contributed by atoms with E-state index in [4.69, 9.17) is 9.47 Å². The second kappa shape index (κ2) is 9.44. The van der Waals surface area contributed by atoms with Crippen LogP contribution in [0.3, 0.4) is 0 Å². The molecule has 2 aliphatic heterocycles. The average molecular weight is 499 g/mol. The molecule has 0 saturated heterocycles. The molecule has 2 aliphatic rings. The van der Waals surface area contributed by atoms with Crippen molar-refractivity contribution in [1.82, 2.24) is 0 Å². The van der Waals surface area contributed by atoms with Crippen molar-refractivity contribution in [2.24, 2.45) is 0 Å². The summed E-state index contributed by atoms with van der Waals surface area (Å²) >= 11 is 9.25. The zero-order valence-electron chi connectivity index (χ0n) is 19.2. The molecule has 0 radical (unpaired) electrons. The maximum Gasteiger partial charge on any atom is 0.161 e. The van der Waals surface area contributed by atoms with E-state index in [-0.39, 0.29) is 0 Å². The Kier molecular flexibility index (Phi) is 6.00. The Labute approximate surface area is 216 Å². The van der Waals surface area contributed by atoms with Crippen molar-refractivity contribution in [1.29, 1.82) is 0 Å². The Balaban J connectivity index is 1.25. The molecule has 0 saturated carbocycles. The van der Waals surface area contributed by atoms with Crippen LogP contribution in [0.25, 0.3) is 0 Å². The smallest absolute Gasteiger partial charge is 0.161 e. The first-order chi connectivity index (χ1) is 17.2. The third-order valence-corrected chi connectivity index (χ3v) is 7.39. The summed E-state index contributed by atoms with van der Waals surface area (Å²) in [5.41, 5.74) is 6.91. The lowest BCUT2D eigenvalue weighted by molar-refractivity contribution is 0.282. The molecule has 35 heavy (non-hydrogen) atoms. The van der Waals surface area contributed by atoms with E-state index in [1.807, 2.05) is 36.4 Å². The lowest BCUT2D eigenvalue weighted by Gasteiger charge is -2.33. The van der Waals surface area contributed by atoms with Gasteiger partial charge >= 0.3 is 0 Å². The van der Waals surface area contributed by atoms with Gasteiger partial charge in [0, 0.05) is 40.4 Å². The number of nitrogens with zero attached hydrogens (tertiary/aromatic N) is 2. The van der Waals surface area contributed by atoms with Crippen LogP contribution in [0, 0.1) is 0 Å². The van der Waals surface area contributed by atoms with Gasteiger partial charge in [-0.05, 0) is 35.4 Å². The molecule has 0 unspecified atom stereocenters. The summed E-state index contributed by atoms with van der Waals surface area (Å²) in [7, 11) is 0. The summed E-state index contributed by atoms with van der Waals surface area (Å²) in [6.07, 6.45) is 0.763. The minimum atomic E-state index is 0.503. The Bertz CT molecular complexity index is 1290. The van der Waals surface area contributed by atoms with E-state index in [9.17, 15) is 0 Å². The zero-order valence-corrected chi connectivity index (χ0v) is 21.0. The van der Waals surface area contributed by atoms with Crippen LogP contribution in [0.5, 0.6) is 11.5 Å². The minimum Gasteiger partial charge on any atom is -0.472 e. The largest absolute Gasteiger partial charge is 0.472 e. The van der Waals surface area contributed by atoms with Crippen LogP contribution in [-0.2, 0) is 19.5 Å². The molecule has 0 fully saturated rings. The van der Waals surface area contributed by atoms with Crippen LogP contribution >= 0.6 is 25.3 Å². The first-order valence-corrected chi connectivity index (χ1v) is 12.6. The van der Waals surface area contributed by atoms with Crippen LogP contribution in [-0.4, -0.2) is 13.5 Å². The van der Waals surface area contributed by atoms with E-state index in [2.05, 4.69) is 83.6 Å². The third kappa shape index (κ3) is 4.32. The molecular weight excluding hydrogens is 472 g/mol. The van der Waals surface area contributed by atoms with Crippen molar-refractivity contribution >= 4 is 36.6 Å². The van der Waals surface area contributed by atoms with Crippen molar-refractivity contribution in [3.8, 4) is 11.5 Å². The van der Waals surface area contributed by atoms with Gasteiger partial charge in [-0.25, -0.2) is 0 Å². The lowest BCUT2D eigenvalue weighted by atomic mass is 9.97. The molecular formula is C29H26N2O2S2. The van der Waals surface area contributed by atoms with Gasteiger partial charge < -0.3 is 19.3 Å². The highest BCUT2D eigenvalue weighted by molar-refractivity contribution is 7.80. The normalized spacial score (nSPS) is 14.6. The number of hydrogen-bond acceptors (Lipinski definition) is 6. The molecule has 0 bridgehead atoms. The lowest BCUT2D eigenvalue weighted by Crippen LogP contribution is -2.33. The summed E-state index contributed by atoms with van der Waals surface area (Å²) in [5.74, 6) is 1.97. The predicted molar refractivity (Wildman–Crippen MR) is 146 cm³/mol. The molecule has 2 heterocycles. The Hall–Kier alpha value is -3.22. The molecule has 0 spiro atoms. The van der Waals surface area contributed by atoms with E-state index in [0.29, 0.717) is 13.5 Å². The van der Waals surface area contributed by atoms with Crippen molar-refractivity contribution in [3.63, 3.8) is 0 Å². The molecule has 176 valence electrons. The summed E-state index contributed by atoms with van der Waals surface area (Å²) in [4.78, 5) is 6.35. The number of fused-ring (bicyclic) bond motifs is 2. The fourth-order valence-corrected chi connectivity index (χ4v) is 5.54. The van der Waals surface area contributed by atoms with Gasteiger partial charge in [-0.15, -0.1) is 25.3 Å². The number of rotatable bonds is 4. The molecule has 4 aromatic carbocycles. The van der Waals surface area contributed by atoms with Crippen molar-refractivity contribution < 1.29 is 9.47 Å². The van der Waals surface area contributed by atoms with Crippen molar-refractivity contribution in [2.75, 3.05) is 23.3 Å². The highest BCUT2D eigenvalue weighted by Crippen LogP contribution is 2.38. The highest BCUT2D eigenvalue weighted by atomic mass is 32.1. The second-order valence-electron chi connectivity index (χ2n) is 8.91. The summed E-state index contributed by atoms with van der Waals surface area (Å²) < 4.78 is 12.6. The van der Waals surface area contributed by atoms with Crippen LogP contribution in [0.1, 0.15) is 22.3 Å². The molecule has 0 N–H and O–H groups in total. The number of hydrogen-bond donors (Lipinski definition) is 2. The van der Waals surface area contributed by atoms with E-state index in [1.165, 1.54) is 22.3 Å². The molecule has 4 aromatic rings. The maximum atomic E-state index is 6.32. The molecule has 6 heteroatoms. The molecule has 4 nitrogen and oxygen atoms in total.